The van der Waals surface area contributed by atoms with E-state index in [0.717, 1.165) is 16.6 Å². The van der Waals surface area contributed by atoms with E-state index in [0.29, 0.717) is 17.1 Å². The number of primary sulfonamides is 1. The van der Waals surface area contributed by atoms with Gasteiger partial charge >= 0.3 is 0 Å². The standard InChI is InChI=1S/C17H13N9O2S/c18-29(27,28)15-4-2-1-3-14(15)26-16-13(24-25-26)9-19-17(22-16)21-11-5-6-12-10(7-11)8-20-23-12/h1-9H,(H,20,23)(H2,18,27,28)(H,19,21,22). The Kier molecular flexibility index (Phi) is 3.75. The summed E-state index contributed by atoms with van der Waals surface area (Å²) in [5, 5.41) is 24.3. The zero-order chi connectivity index (χ0) is 20.0. The van der Waals surface area contributed by atoms with Gasteiger partial charge in [0.25, 0.3) is 0 Å². The van der Waals surface area contributed by atoms with Gasteiger partial charge < -0.3 is 5.32 Å². The summed E-state index contributed by atoms with van der Waals surface area (Å²) in [6.45, 7) is 0. The second-order valence-electron chi connectivity index (χ2n) is 6.21. The third-order valence-electron chi connectivity index (χ3n) is 4.29. The molecule has 0 aliphatic rings. The summed E-state index contributed by atoms with van der Waals surface area (Å²) >= 11 is 0. The van der Waals surface area contributed by atoms with E-state index in [-0.39, 0.29) is 10.6 Å². The van der Waals surface area contributed by atoms with Crippen LogP contribution in [0.15, 0.2) is 59.8 Å². The Hall–Kier alpha value is -3.90. The van der Waals surface area contributed by atoms with E-state index in [1.54, 1.807) is 24.4 Å². The van der Waals surface area contributed by atoms with Crippen LogP contribution in [0.4, 0.5) is 11.6 Å². The van der Waals surface area contributed by atoms with Gasteiger partial charge in [0.2, 0.25) is 16.0 Å². The molecule has 2 aromatic carbocycles. The SMILES string of the molecule is NS(=O)(=O)c1ccccc1-n1nnc2cnc(Nc3ccc4[nH]ncc4c3)nc21. The number of sulfonamides is 1. The van der Waals surface area contributed by atoms with Crippen molar-refractivity contribution in [3.8, 4) is 5.69 Å². The van der Waals surface area contributed by atoms with Crippen LogP contribution in [0, 0.1) is 0 Å². The number of H-pyrrole nitrogens is 1. The van der Waals surface area contributed by atoms with Crippen molar-refractivity contribution in [2.24, 2.45) is 5.14 Å². The summed E-state index contributed by atoms with van der Waals surface area (Å²) in [6, 6.07) is 11.9. The van der Waals surface area contributed by atoms with E-state index in [1.807, 2.05) is 18.2 Å². The fourth-order valence-corrected chi connectivity index (χ4v) is 3.69. The van der Waals surface area contributed by atoms with Crippen LogP contribution >= 0.6 is 0 Å². The lowest BCUT2D eigenvalue weighted by Gasteiger charge is -2.08. The average molecular weight is 407 g/mol. The van der Waals surface area contributed by atoms with E-state index in [1.165, 1.54) is 16.9 Å². The lowest BCUT2D eigenvalue weighted by Crippen LogP contribution is -2.16. The number of nitrogens with two attached hydrogens (primary N) is 1. The number of nitrogens with zero attached hydrogens (tertiary/aromatic N) is 6. The number of aromatic nitrogens is 7. The molecule has 12 heteroatoms. The van der Waals surface area contributed by atoms with Gasteiger partial charge in [-0.2, -0.15) is 14.8 Å². The monoisotopic (exact) mass is 407 g/mol. The van der Waals surface area contributed by atoms with Crippen molar-refractivity contribution in [1.82, 2.24) is 35.2 Å². The summed E-state index contributed by atoms with van der Waals surface area (Å²) in [6.07, 6.45) is 3.22. The highest BCUT2D eigenvalue weighted by atomic mass is 32.2. The lowest BCUT2D eigenvalue weighted by atomic mass is 10.2. The number of para-hydroxylation sites is 1. The van der Waals surface area contributed by atoms with Crippen LogP contribution < -0.4 is 10.5 Å². The van der Waals surface area contributed by atoms with Crippen molar-refractivity contribution in [1.29, 1.82) is 0 Å². The molecule has 0 fully saturated rings. The Balaban J connectivity index is 1.59. The fourth-order valence-electron chi connectivity index (χ4n) is 2.97. The molecule has 144 valence electrons. The number of hydrogen-bond acceptors (Lipinski definition) is 8. The maximum atomic E-state index is 11.9. The molecule has 0 amide bonds. The van der Waals surface area contributed by atoms with E-state index >= 15 is 0 Å². The van der Waals surface area contributed by atoms with E-state index in [2.05, 4.69) is 35.8 Å². The van der Waals surface area contributed by atoms with Crippen molar-refractivity contribution >= 4 is 43.7 Å². The Morgan fingerprint density at radius 1 is 1.10 bits per heavy atom. The van der Waals surface area contributed by atoms with Crippen LogP contribution in [0.3, 0.4) is 0 Å². The molecule has 5 aromatic rings. The molecule has 0 saturated carbocycles. The van der Waals surface area contributed by atoms with Crippen molar-refractivity contribution in [3.63, 3.8) is 0 Å². The highest BCUT2D eigenvalue weighted by Gasteiger charge is 2.18. The number of rotatable bonds is 4. The molecule has 0 unspecified atom stereocenters. The van der Waals surface area contributed by atoms with Gasteiger partial charge in [-0.15, -0.1) is 5.10 Å². The quantitative estimate of drug-likeness (QED) is 0.404. The minimum Gasteiger partial charge on any atom is -0.324 e. The number of fused-ring (bicyclic) bond motifs is 2. The first kappa shape index (κ1) is 17.2. The first-order chi connectivity index (χ1) is 14.0. The Morgan fingerprint density at radius 3 is 2.83 bits per heavy atom. The molecule has 29 heavy (non-hydrogen) atoms. The van der Waals surface area contributed by atoms with Gasteiger partial charge in [0.05, 0.1) is 23.6 Å². The molecule has 0 aliphatic heterocycles. The number of aromatic amines is 1. The van der Waals surface area contributed by atoms with E-state index in [9.17, 15) is 8.42 Å². The third kappa shape index (κ3) is 3.05. The summed E-state index contributed by atoms with van der Waals surface area (Å²) in [5.74, 6) is 0.303. The van der Waals surface area contributed by atoms with Crippen LogP contribution in [-0.4, -0.2) is 43.6 Å². The highest BCUT2D eigenvalue weighted by Crippen LogP contribution is 2.23. The topological polar surface area (TPSA) is 157 Å². The number of hydrogen-bond donors (Lipinski definition) is 3. The minimum atomic E-state index is -3.96. The Morgan fingerprint density at radius 2 is 1.97 bits per heavy atom. The summed E-state index contributed by atoms with van der Waals surface area (Å²) in [7, 11) is -3.96. The Bertz CT molecular complexity index is 1470. The normalized spacial score (nSPS) is 11.9. The third-order valence-corrected chi connectivity index (χ3v) is 5.25. The molecule has 0 bridgehead atoms. The summed E-state index contributed by atoms with van der Waals surface area (Å²) in [5.41, 5.74) is 2.67. The smallest absolute Gasteiger partial charge is 0.240 e. The van der Waals surface area contributed by atoms with Gasteiger partial charge in [-0.1, -0.05) is 17.3 Å². The van der Waals surface area contributed by atoms with Crippen molar-refractivity contribution in [3.05, 3.63) is 54.9 Å². The Labute approximate surface area is 163 Å². The maximum absolute atomic E-state index is 11.9. The molecule has 0 radical (unpaired) electrons. The van der Waals surface area contributed by atoms with Crippen LogP contribution in [0.5, 0.6) is 0 Å². The zero-order valence-electron chi connectivity index (χ0n) is 14.7. The van der Waals surface area contributed by atoms with E-state index < -0.39 is 10.0 Å². The highest BCUT2D eigenvalue weighted by molar-refractivity contribution is 7.89. The molecule has 11 nitrogen and oxygen atoms in total. The average Bonchev–Trinajstić information content (AvgIpc) is 3.33. The number of nitrogens with one attached hydrogen (secondary N) is 2. The minimum absolute atomic E-state index is 0.0784. The largest absolute Gasteiger partial charge is 0.324 e. The second-order valence-corrected chi connectivity index (χ2v) is 7.74. The number of anilines is 2. The second kappa shape index (κ2) is 6.32. The molecule has 3 aromatic heterocycles. The van der Waals surface area contributed by atoms with E-state index in [4.69, 9.17) is 5.14 Å². The van der Waals surface area contributed by atoms with Crippen LogP contribution in [0.25, 0.3) is 27.8 Å². The van der Waals surface area contributed by atoms with Crippen LogP contribution in [0.1, 0.15) is 0 Å². The molecule has 0 saturated heterocycles. The van der Waals surface area contributed by atoms with Crippen molar-refractivity contribution in [2.45, 2.75) is 4.90 Å². The molecule has 5 rings (SSSR count). The van der Waals surface area contributed by atoms with Crippen LogP contribution in [-0.2, 0) is 10.0 Å². The molecule has 4 N–H and O–H groups in total. The van der Waals surface area contributed by atoms with Crippen molar-refractivity contribution < 1.29 is 8.42 Å². The molecule has 3 heterocycles. The van der Waals surface area contributed by atoms with Gasteiger partial charge in [-0.25, -0.2) is 18.5 Å². The molecular formula is C17H13N9O2S. The first-order valence-electron chi connectivity index (χ1n) is 8.40. The molecular weight excluding hydrogens is 394 g/mol. The summed E-state index contributed by atoms with van der Waals surface area (Å²) < 4.78 is 25.2. The van der Waals surface area contributed by atoms with Gasteiger partial charge in [-0.3, -0.25) is 5.10 Å². The predicted molar refractivity (Wildman–Crippen MR) is 105 cm³/mol. The first-order valence-corrected chi connectivity index (χ1v) is 9.94. The van der Waals surface area contributed by atoms with Gasteiger partial charge in [0.15, 0.2) is 11.2 Å². The lowest BCUT2D eigenvalue weighted by molar-refractivity contribution is 0.596. The van der Waals surface area contributed by atoms with Gasteiger partial charge in [0, 0.05) is 11.1 Å². The number of benzene rings is 2. The fraction of sp³-hybridized carbons (Fsp3) is 0. The van der Waals surface area contributed by atoms with Gasteiger partial charge in [0.1, 0.15) is 4.90 Å². The maximum Gasteiger partial charge on any atom is 0.240 e. The predicted octanol–water partition coefficient (Wildman–Crippen LogP) is 1.48. The zero-order valence-corrected chi connectivity index (χ0v) is 15.5. The summed E-state index contributed by atoms with van der Waals surface area (Å²) in [4.78, 5) is 8.62. The van der Waals surface area contributed by atoms with Crippen LogP contribution in [0.2, 0.25) is 0 Å². The van der Waals surface area contributed by atoms with Gasteiger partial charge in [-0.05, 0) is 30.3 Å². The molecule has 0 spiro atoms. The molecule has 0 atom stereocenters. The molecule has 0 aliphatic carbocycles. The van der Waals surface area contributed by atoms with Crippen molar-refractivity contribution in [2.75, 3.05) is 5.32 Å².